The van der Waals surface area contributed by atoms with Crippen molar-refractivity contribution in [2.45, 2.75) is 24.4 Å². The standard InChI is InChI=1S/C23H20Cl3FN2O3S/c1-15(16-3-8-20(27)9-4-16)28-23(30)14-29(13-17-2-5-19(25)12-22(17)26)33(31,32)21-10-6-18(24)7-11-21/h2-12,15H,13-14H2,1H3,(H,28,30)/t15-/m0/s1. The van der Waals surface area contributed by atoms with Crippen LogP contribution in [0.3, 0.4) is 0 Å². The summed E-state index contributed by atoms with van der Waals surface area (Å²) in [6.45, 7) is 1.11. The highest BCUT2D eigenvalue weighted by Crippen LogP contribution is 2.26. The molecule has 33 heavy (non-hydrogen) atoms. The van der Waals surface area contributed by atoms with Crippen LogP contribution in [0.15, 0.2) is 71.6 Å². The number of sulfonamides is 1. The number of hydrogen-bond acceptors (Lipinski definition) is 3. The van der Waals surface area contributed by atoms with Gasteiger partial charge in [-0.25, -0.2) is 12.8 Å². The van der Waals surface area contributed by atoms with Gasteiger partial charge in [-0.05, 0) is 66.6 Å². The van der Waals surface area contributed by atoms with Gasteiger partial charge in [0.25, 0.3) is 0 Å². The SMILES string of the molecule is C[C@H](NC(=O)CN(Cc1ccc(Cl)cc1Cl)S(=O)(=O)c1ccc(Cl)cc1)c1ccc(F)cc1. The maximum absolute atomic E-state index is 13.3. The van der Waals surface area contributed by atoms with Gasteiger partial charge in [0.2, 0.25) is 15.9 Å². The van der Waals surface area contributed by atoms with Crippen molar-refractivity contribution >= 4 is 50.7 Å². The first kappa shape index (κ1) is 25.5. The average molecular weight is 530 g/mol. The number of halogens is 4. The molecule has 0 heterocycles. The molecule has 0 aliphatic carbocycles. The van der Waals surface area contributed by atoms with E-state index < -0.39 is 34.3 Å². The van der Waals surface area contributed by atoms with Crippen LogP contribution in [0.2, 0.25) is 15.1 Å². The van der Waals surface area contributed by atoms with Crippen molar-refractivity contribution in [3.63, 3.8) is 0 Å². The summed E-state index contributed by atoms with van der Waals surface area (Å²) in [7, 11) is -4.07. The van der Waals surface area contributed by atoms with Crippen molar-refractivity contribution in [1.82, 2.24) is 9.62 Å². The fourth-order valence-corrected chi connectivity index (χ4v) is 5.07. The molecular weight excluding hydrogens is 510 g/mol. The molecule has 5 nitrogen and oxygen atoms in total. The van der Waals surface area contributed by atoms with E-state index in [1.165, 1.54) is 42.5 Å². The number of rotatable bonds is 8. The van der Waals surface area contributed by atoms with Crippen molar-refractivity contribution in [2.75, 3.05) is 6.54 Å². The zero-order valence-corrected chi connectivity index (χ0v) is 20.5. The van der Waals surface area contributed by atoms with Crippen LogP contribution in [0.5, 0.6) is 0 Å². The third-order valence-corrected chi connectivity index (χ3v) is 7.53. The summed E-state index contributed by atoms with van der Waals surface area (Å²) in [5.41, 5.74) is 1.16. The van der Waals surface area contributed by atoms with Crippen molar-refractivity contribution in [2.24, 2.45) is 0 Å². The molecule has 3 rings (SSSR count). The van der Waals surface area contributed by atoms with Crippen molar-refractivity contribution in [3.05, 3.63) is 98.7 Å². The first-order valence-electron chi connectivity index (χ1n) is 9.81. The Balaban J connectivity index is 1.86. The van der Waals surface area contributed by atoms with E-state index in [0.29, 0.717) is 21.2 Å². The molecule has 3 aromatic rings. The second-order valence-corrected chi connectivity index (χ2v) is 10.5. The third kappa shape index (κ3) is 6.68. The van der Waals surface area contributed by atoms with Crippen LogP contribution in [0, 0.1) is 5.82 Å². The minimum absolute atomic E-state index is 0.0173. The quantitative estimate of drug-likeness (QED) is 0.398. The Hall–Kier alpha value is -2.16. The molecule has 0 saturated carbocycles. The molecule has 0 radical (unpaired) electrons. The molecule has 0 aliphatic rings. The van der Waals surface area contributed by atoms with Gasteiger partial charge in [-0.15, -0.1) is 0 Å². The largest absolute Gasteiger partial charge is 0.348 e. The lowest BCUT2D eigenvalue weighted by Gasteiger charge is -2.24. The van der Waals surface area contributed by atoms with Gasteiger partial charge in [-0.2, -0.15) is 4.31 Å². The molecule has 0 aliphatic heterocycles. The Morgan fingerprint density at radius 3 is 2.18 bits per heavy atom. The highest BCUT2D eigenvalue weighted by Gasteiger charge is 2.28. The van der Waals surface area contributed by atoms with Gasteiger partial charge in [0.05, 0.1) is 17.5 Å². The maximum Gasteiger partial charge on any atom is 0.243 e. The zero-order valence-electron chi connectivity index (χ0n) is 17.4. The Kier molecular flexibility index (Phi) is 8.37. The number of amides is 1. The lowest BCUT2D eigenvalue weighted by Crippen LogP contribution is -2.41. The van der Waals surface area contributed by atoms with Gasteiger partial charge in [0.15, 0.2) is 0 Å². The van der Waals surface area contributed by atoms with E-state index >= 15 is 0 Å². The molecule has 1 atom stereocenters. The van der Waals surface area contributed by atoms with Gasteiger partial charge in [-0.1, -0.05) is 53.0 Å². The molecule has 1 N–H and O–H groups in total. The van der Waals surface area contributed by atoms with Crippen molar-refractivity contribution in [3.8, 4) is 0 Å². The van der Waals surface area contributed by atoms with Gasteiger partial charge >= 0.3 is 0 Å². The average Bonchev–Trinajstić information content (AvgIpc) is 2.75. The predicted molar refractivity (Wildman–Crippen MR) is 128 cm³/mol. The third-order valence-electron chi connectivity index (χ3n) is 4.88. The van der Waals surface area contributed by atoms with E-state index in [1.807, 2.05) is 0 Å². The topological polar surface area (TPSA) is 66.5 Å². The highest BCUT2D eigenvalue weighted by molar-refractivity contribution is 7.89. The van der Waals surface area contributed by atoms with E-state index in [-0.39, 0.29) is 16.5 Å². The minimum Gasteiger partial charge on any atom is -0.348 e. The predicted octanol–water partition coefficient (Wildman–Crippen LogP) is 5.85. The number of nitrogens with one attached hydrogen (secondary N) is 1. The summed E-state index contributed by atoms with van der Waals surface area (Å²) in [4.78, 5) is 12.8. The monoisotopic (exact) mass is 528 g/mol. The minimum atomic E-state index is -4.07. The lowest BCUT2D eigenvalue weighted by atomic mass is 10.1. The normalized spacial score (nSPS) is 12.5. The van der Waals surface area contributed by atoms with E-state index in [1.54, 1.807) is 31.2 Å². The van der Waals surface area contributed by atoms with Gasteiger partial charge in [0, 0.05) is 21.6 Å². The van der Waals surface area contributed by atoms with Crippen LogP contribution in [0.1, 0.15) is 24.1 Å². The molecule has 174 valence electrons. The van der Waals surface area contributed by atoms with E-state index in [0.717, 1.165) is 4.31 Å². The smallest absolute Gasteiger partial charge is 0.243 e. The number of hydrogen-bond donors (Lipinski definition) is 1. The highest BCUT2D eigenvalue weighted by atomic mass is 35.5. The van der Waals surface area contributed by atoms with E-state index in [9.17, 15) is 17.6 Å². The zero-order chi connectivity index (χ0) is 24.2. The molecule has 0 aromatic heterocycles. The summed E-state index contributed by atoms with van der Waals surface area (Å²) in [6, 6.07) is 15.6. The first-order valence-corrected chi connectivity index (χ1v) is 12.4. The molecule has 0 saturated heterocycles. The second-order valence-electron chi connectivity index (χ2n) is 7.30. The molecule has 0 unspecified atom stereocenters. The van der Waals surface area contributed by atoms with Crippen LogP contribution in [-0.2, 0) is 21.4 Å². The number of benzene rings is 3. The van der Waals surface area contributed by atoms with Crippen LogP contribution in [-0.4, -0.2) is 25.2 Å². The van der Waals surface area contributed by atoms with Gasteiger partial charge in [0.1, 0.15) is 5.82 Å². The Bertz CT molecular complexity index is 1240. The number of carbonyl (C=O) groups excluding carboxylic acids is 1. The van der Waals surface area contributed by atoms with Crippen LogP contribution in [0.4, 0.5) is 4.39 Å². The second kappa shape index (κ2) is 10.8. The van der Waals surface area contributed by atoms with Crippen molar-refractivity contribution in [1.29, 1.82) is 0 Å². The lowest BCUT2D eigenvalue weighted by molar-refractivity contribution is -0.122. The van der Waals surface area contributed by atoms with E-state index in [2.05, 4.69) is 5.32 Å². The first-order chi connectivity index (χ1) is 15.6. The van der Waals surface area contributed by atoms with Crippen LogP contribution < -0.4 is 5.32 Å². The summed E-state index contributed by atoms with van der Waals surface area (Å²) in [5, 5.41) is 3.81. The van der Waals surface area contributed by atoms with Crippen LogP contribution in [0.25, 0.3) is 0 Å². The fraction of sp³-hybridized carbons (Fsp3) is 0.174. The molecular formula is C23H20Cl3FN2O3S. The maximum atomic E-state index is 13.3. The van der Waals surface area contributed by atoms with Crippen LogP contribution >= 0.6 is 34.8 Å². The summed E-state index contributed by atoms with van der Waals surface area (Å²) < 4.78 is 40.9. The van der Waals surface area contributed by atoms with Crippen molar-refractivity contribution < 1.29 is 17.6 Å². The molecule has 1 amide bonds. The molecule has 0 spiro atoms. The summed E-state index contributed by atoms with van der Waals surface area (Å²) in [6.07, 6.45) is 0. The van der Waals surface area contributed by atoms with Gasteiger partial charge < -0.3 is 5.32 Å². The fourth-order valence-electron chi connectivity index (χ4n) is 3.10. The summed E-state index contributed by atoms with van der Waals surface area (Å²) in [5.74, 6) is -0.924. The molecule has 0 bridgehead atoms. The Morgan fingerprint density at radius 2 is 1.58 bits per heavy atom. The number of carbonyl (C=O) groups is 1. The van der Waals surface area contributed by atoms with Gasteiger partial charge in [-0.3, -0.25) is 4.79 Å². The molecule has 10 heteroatoms. The number of nitrogens with zero attached hydrogens (tertiary/aromatic N) is 1. The summed E-state index contributed by atoms with van der Waals surface area (Å²) >= 11 is 18.1. The molecule has 0 fully saturated rings. The Labute approximate surface area is 207 Å². The van der Waals surface area contributed by atoms with E-state index in [4.69, 9.17) is 34.8 Å². The Morgan fingerprint density at radius 1 is 0.970 bits per heavy atom. The molecule has 3 aromatic carbocycles.